The number of amides is 1. The summed E-state index contributed by atoms with van der Waals surface area (Å²) in [7, 11) is 0. The first kappa shape index (κ1) is 26.1. The fourth-order valence-corrected chi connectivity index (χ4v) is 3.56. The Morgan fingerprint density at radius 3 is 2.49 bits per heavy atom. The molecule has 0 unspecified atom stereocenters. The Morgan fingerprint density at radius 2 is 1.89 bits per heavy atom. The molecule has 1 aliphatic heterocycles. The highest BCUT2D eigenvalue weighted by molar-refractivity contribution is 5.73. The van der Waals surface area contributed by atoms with Crippen molar-refractivity contribution in [1.82, 2.24) is 5.32 Å². The number of alkyl halides is 3. The van der Waals surface area contributed by atoms with Crippen LogP contribution in [0.25, 0.3) is 0 Å². The zero-order chi connectivity index (χ0) is 25.8. The number of morpholine rings is 1. The van der Waals surface area contributed by atoms with Crippen molar-refractivity contribution in [2.75, 3.05) is 31.1 Å². The van der Waals surface area contributed by atoms with Gasteiger partial charge in [-0.15, -0.1) is 0 Å². The Balaban J connectivity index is 1.93. The molecular weight excluding hydrogens is 471 g/mol. The van der Waals surface area contributed by atoms with Crippen molar-refractivity contribution >= 4 is 17.5 Å². The quantitative estimate of drug-likeness (QED) is 0.436. The number of nitrogens with one attached hydrogen (secondary N) is 1. The lowest BCUT2D eigenvalue weighted by atomic mass is 10.1. The number of hydrogen-bond acceptors (Lipinski definition) is 7. The molecule has 1 N–H and O–H groups in total. The summed E-state index contributed by atoms with van der Waals surface area (Å²) in [5, 5.41) is 14.2. The first-order valence-corrected chi connectivity index (χ1v) is 10.8. The van der Waals surface area contributed by atoms with Crippen LogP contribution in [0.3, 0.4) is 0 Å². The molecule has 0 radical (unpaired) electrons. The predicted molar refractivity (Wildman–Crippen MR) is 121 cm³/mol. The van der Waals surface area contributed by atoms with E-state index in [0.29, 0.717) is 0 Å². The highest BCUT2D eigenvalue weighted by atomic mass is 19.4. The predicted octanol–water partition coefficient (Wildman–Crippen LogP) is 5.14. The zero-order valence-electron chi connectivity index (χ0n) is 19.4. The summed E-state index contributed by atoms with van der Waals surface area (Å²) in [5.41, 5.74) is -3.30. The molecule has 0 bridgehead atoms. The van der Waals surface area contributed by atoms with E-state index in [4.69, 9.17) is 14.2 Å². The second kappa shape index (κ2) is 10.4. The van der Waals surface area contributed by atoms with Gasteiger partial charge in [-0.2, -0.15) is 13.2 Å². The lowest BCUT2D eigenvalue weighted by Gasteiger charge is -2.35. The van der Waals surface area contributed by atoms with Crippen molar-refractivity contribution in [2.45, 2.75) is 38.7 Å². The third-order valence-electron chi connectivity index (χ3n) is 4.90. The van der Waals surface area contributed by atoms with Gasteiger partial charge in [0.05, 0.1) is 17.6 Å². The molecule has 2 aromatic rings. The molecule has 35 heavy (non-hydrogen) atoms. The molecule has 12 heteroatoms. The Labute approximate surface area is 199 Å². The minimum Gasteiger partial charge on any atom is -0.457 e. The lowest BCUT2D eigenvalue weighted by molar-refractivity contribution is -0.384. The first-order valence-electron chi connectivity index (χ1n) is 10.8. The number of benzene rings is 2. The smallest absolute Gasteiger partial charge is 0.422 e. The van der Waals surface area contributed by atoms with Gasteiger partial charge in [-0.25, -0.2) is 4.79 Å². The van der Waals surface area contributed by atoms with Gasteiger partial charge in [0.25, 0.3) is 5.69 Å². The number of hydrogen-bond donors (Lipinski definition) is 1. The van der Waals surface area contributed by atoms with Crippen LogP contribution in [0.15, 0.2) is 42.5 Å². The summed E-state index contributed by atoms with van der Waals surface area (Å²) in [4.78, 5) is 24.0. The number of nitrogens with zero attached hydrogens (tertiary/aromatic N) is 2. The Morgan fingerprint density at radius 1 is 1.20 bits per heavy atom. The monoisotopic (exact) mass is 497 g/mol. The summed E-state index contributed by atoms with van der Waals surface area (Å²) in [6, 6.07) is 9.77. The molecule has 1 saturated heterocycles. The summed E-state index contributed by atoms with van der Waals surface area (Å²) in [6.07, 6.45) is -6.39. The number of nitro groups is 1. The van der Waals surface area contributed by atoms with Crippen LogP contribution in [0.5, 0.6) is 11.5 Å². The van der Waals surface area contributed by atoms with Crippen LogP contribution in [-0.4, -0.2) is 49.0 Å². The van der Waals surface area contributed by atoms with Crippen molar-refractivity contribution in [2.24, 2.45) is 0 Å². The molecule has 0 aromatic heterocycles. The maximum absolute atomic E-state index is 14.3. The van der Waals surface area contributed by atoms with E-state index in [1.165, 1.54) is 17.0 Å². The number of carbonyl (C=O) groups is 1. The van der Waals surface area contributed by atoms with E-state index < -0.39 is 51.6 Å². The number of para-hydroxylation sites is 1. The maximum Gasteiger partial charge on any atom is 0.422 e. The van der Waals surface area contributed by atoms with E-state index >= 15 is 0 Å². The van der Waals surface area contributed by atoms with Crippen LogP contribution in [0.4, 0.5) is 29.3 Å². The molecule has 0 saturated carbocycles. The van der Waals surface area contributed by atoms with Crippen molar-refractivity contribution < 1.29 is 37.1 Å². The molecule has 3 rings (SSSR count). The molecule has 1 heterocycles. The summed E-state index contributed by atoms with van der Waals surface area (Å²) >= 11 is 0. The Bertz CT molecular complexity index is 1060. The van der Waals surface area contributed by atoms with Crippen molar-refractivity contribution in [1.29, 1.82) is 0 Å². The van der Waals surface area contributed by atoms with Crippen molar-refractivity contribution in [3.63, 3.8) is 0 Å². The maximum atomic E-state index is 14.3. The zero-order valence-corrected chi connectivity index (χ0v) is 19.4. The third-order valence-corrected chi connectivity index (χ3v) is 4.90. The summed E-state index contributed by atoms with van der Waals surface area (Å²) in [5.74, 6) is -0.404. The van der Waals surface area contributed by atoms with E-state index in [1.807, 2.05) is 0 Å². The molecule has 9 nitrogen and oxygen atoms in total. The van der Waals surface area contributed by atoms with Gasteiger partial charge in [0.1, 0.15) is 28.4 Å². The number of alkyl carbamates (subject to hydrolysis) is 1. The van der Waals surface area contributed by atoms with Crippen LogP contribution < -0.4 is 15.0 Å². The van der Waals surface area contributed by atoms with Crippen LogP contribution in [0.2, 0.25) is 0 Å². The van der Waals surface area contributed by atoms with Gasteiger partial charge in [-0.1, -0.05) is 18.2 Å². The van der Waals surface area contributed by atoms with Gasteiger partial charge in [0.2, 0.25) is 0 Å². The summed E-state index contributed by atoms with van der Waals surface area (Å²) in [6.45, 7) is 4.85. The van der Waals surface area contributed by atoms with E-state index in [1.54, 1.807) is 39.0 Å². The van der Waals surface area contributed by atoms with Crippen LogP contribution in [0, 0.1) is 10.1 Å². The molecule has 1 amide bonds. The molecule has 1 fully saturated rings. The van der Waals surface area contributed by atoms with E-state index in [0.717, 1.165) is 12.1 Å². The standard InChI is InChI=1S/C23H26F3N3O6/c1-22(2,3)35-21(30)27-13-16-14-28(11-12-33-16)20-17(29(31)32)9-10-18(19(20)23(24,25)26)34-15-7-5-4-6-8-15/h4-10,16H,11-14H2,1-3H3,(H,27,30)/t16-/m0/s1. The highest BCUT2D eigenvalue weighted by Crippen LogP contribution is 2.48. The highest BCUT2D eigenvalue weighted by Gasteiger charge is 2.43. The molecular formula is C23H26F3N3O6. The van der Waals surface area contributed by atoms with Crippen LogP contribution in [-0.2, 0) is 15.7 Å². The van der Waals surface area contributed by atoms with E-state index in [2.05, 4.69) is 5.32 Å². The molecule has 0 spiro atoms. The topological polar surface area (TPSA) is 103 Å². The van der Waals surface area contributed by atoms with Crippen molar-refractivity contribution in [3.8, 4) is 11.5 Å². The van der Waals surface area contributed by atoms with Crippen LogP contribution in [0.1, 0.15) is 26.3 Å². The first-order chi connectivity index (χ1) is 16.3. The second-order valence-electron chi connectivity index (χ2n) is 8.80. The minimum atomic E-state index is -4.95. The third kappa shape index (κ3) is 6.98. The van der Waals surface area contributed by atoms with Gasteiger partial charge in [-0.3, -0.25) is 10.1 Å². The molecule has 1 aliphatic rings. The number of nitro benzene ring substituents is 1. The molecule has 0 aliphatic carbocycles. The average molecular weight is 497 g/mol. The fourth-order valence-electron chi connectivity index (χ4n) is 3.56. The molecule has 190 valence electrons. The Hall–Kier alpha value is -3.54. The fraction of sp³-hybridized carbons (Fsp3) is 0.435. The second-order valence-corrected chi connectivity index (χ2v) is 8.80. The van der Waals surface area contributed by atoms with Crippen molar-refractivity contribution in [3.05, 3.63) is 58.1 Å². The average Bonchev–Trinajstić information content (AvgIpc) is 2.76. The number of ether oxygens (including phenoxy) is 3. The number of carbonyl (C=O) groups excluding carboxylic acids is 1. The van der Waals surface area contributed by atoms with Gasteiger partial charge in [0, 0.05) is 25.7 Å². The molecule has 1 atom stereocenters. The van der Waals surface area contributed by atoms with Gasteiger partial charge < -0.3 is 24.4 Å². The summed E-state index contributed by atoms with van der Waals surface area (Å²) < 4.78 is 59.1. The minimum absolute atomic E-state index is 0.00110. The van der Waals surface area contributed by atoms with Gasteiger partial charge >= 0.3 is 12.3 Å². The van der Waals surface area contributed by atoms with E-state index in [-0.39, 0.29) is 32.0 Å². The lowest BCUT2D eigenvalue weighted by Crippen LogP contribution is -2.48. The van der Waals surface area contributed by atoms with Gasteiger partial charge in [0.15, 0.2) is 0 Å². The number of rotatable bonds is 6. The number of anilines is 1. The molecule has 2 aromatic carbocycles. The Kier molecular flexibility index (Phi) is 7.73. The van der Waals surface area contributed by atoms with Crippen LogP contribution >= 0.6 is 0 Å². The largest absolute Gasteiger partial charge is 0.457 e. The van der Waals surface area contributed by atoms with Gasteiger partial charge in [-0.05, 0) is 39.0 Å². The number of halogens is 3. The van der Waals surface area contributed by atoms with E-state index in [9.17, 15) is 28.1 Å². The SMILES string of the molecule is CC(C)(C)OC(=O)NC[C@H]1CN(c2c([N+](=O)[O-])ccc(Oc3ccccc3)c2C(F)(F)F)CCO1. The normalized spacial score (nSPS) is 16.5.